The molecule has 100 valence electrons. The summed E-state index contributed by atoms with van der Waals surface area (Å²) in [7, 11) is 0. The van der Waals surface area contributed by atoms with Gasteiger partial charge in [0.2, 0.25) is 0 Å². The molecule has 3 rings (SSSR count). The number of anilines is 2. The summed E-state index contributed by atoms with van der Waals surface area (Å²) in [6.45, 7) is 3.94. The van der Waals surface area contributed by atoms with E-state index in [0.717, 1.165) is 42.6 Å². The van der Waals surface area contributed by atoms with E-state index in [1.54, 1.807) is 17.5 Å². The number of piperazine rings is 1. The first-order chi connectivity index (χ1) is 9.38. The lowest BCUT2D eigenvalue weighted by atomic mass is 10.2. The zero-order valence-electron chi connectivity index (χ0n) is 10.5. The average Bonchev–Trinajstić information content (AvgIpc) is 3.02. The summed E-state index contributed by atoms with van der Waals surface area (Å²) in [5.41, 5.74) is 2.32. The van der Waals surface area contributed by atoms with Crippen LogP contribution in [0.3, 0.4) is 0 Å². The first kappa shape index (κ1) is 12.7. The lowest BCUT2D eigenvalue weighted by molar-refractivity contribution is 0.650. The predicted molar refractivity (Wildman–Crippen MR) is 80.3 cm³/mol. The number of nitrogens with zero attached hydrogens (tertiary/aromatic N) is 4. The van der Waals surface area contributed by atoms with Gasteiger partial charge < -0.3 is 9.80 Å². The molecule has 0 bridgehead atoms. The largest absolute Gasteiger partial charge is 0.366 e. The van der Waals surface area contributed by atoms with Crippen LogP contribution in [0.1, 0.15) is 5.56 Å². The third-order valence-electron chi connectivity index (χ3n) is 3.34. The fourth-order valence-electron chi connectivity index (χ4n) is 2.32. The molecule has 3 heterocycles. The maximum Gasteiger partial charge on any atom is 0.185 e. The fraction of sp³-hybridized carbons (Fsp3) is 0.385. The molecule has 0 aromatic carbocycles. The van der Waals surface area contributed by atoms with Gasteiger partial charge in [-0.1, -0.05) is 0 Å². The third kappa shape index (κ3) is 2.67. The molecule has 19 heavy (non-hydrogen) atoms. The molecule has 0 atom stereocenters. The summed E-state index contributed by atoms with van der Waals surface area (Å²) in [5.74, 6) is 0.532. The Kier molecular flexibility index (Phi) is 3.84. The zero-order chi connectivity index (χ0) is 13.1. The van der Waals surface area contributed by atoms with E-state index in [9.17, 15) is 0 Å². The number of thiazole rings is 1. The molecule has 1 saturated heterocycles. The molecule has 0 amide bonds. The zero-order valence-corrected chi connectivity index (χ0v) is 12.1. The number of aromatic nitrogens is 2. The molecule has 0 aliphatic carbocycles. The van der Waals surface area contributed by atoms with Crippen molar-refractivity contribution in [2.24, 2.45) is 0 Å². The van der Waals surface area contributed by atoms with E-state index in [-0.39, 0.29) is 0 Å². The number of rotatable bonds is 3. The van der Waals surface area contributed by atoms with Gasteiger partial charge >= 0.3 is 0 Å². The Labute approximate surface area is 121 Å². The van der Waals surface area contributed by atoms with Crippen molar-refractivity contribution in [1.29, 1.82) is 0 Å². The highest BCUT2D eigenvalue weighted by atomic mass is 35.5. The molecule has 6 heteroatoms. The summed E-state index contributed by atoms with van der Waals surface area (Å²) >= 11 is 7.68. The Hall–Kier alpha value is -1.33. The Morgan fingerprint density at radius 1 is 1.16 bits per heavy atom. The number of alkyl halides is 1. The first-order valence-electron chi connectivity index (χ1n) is 6.26. The normalized spacial score (nSPS) is 15.8. The van der Waals surface area contributed by atoms with Crippen LogP contribution in [-0.2, 0) is 5.88 Å². The van der Waals surface area contributed by atoms with E-state index < -0.39 is 0 Å². The van der Waals surface area contributed by atoms with Gasteiger partial charge in [-0.15, -0.1) is 22.9 Å². The van der Waals surface area contributed by atoms with E-state index in [1.165, 1.54) is 0 Å². The maximum absolute atomic E-state index is 5.99. The highest BCUT2D eigenvalue weighted by molar-refractivity contribution is 7.13. The number of pyridine rings is 1. The number of hydrogen-bond acceptors (Lipinski definition) is 5. The summed E-state index contributed by atoms with van der Waals surface area (Å²) in [4.78, 5) is 13.3. The molecular formula is C13H15ClN4S. The molecule has 0 unspecified atom stereocenters. The van der Waals surface area contributed by atoms with Crippen molar-refractivity contribution < 1.29 is 0 Å². The second-order valence-electron chi connectivity index (χ2n) is 4.43. The van der Waals surface area contributed by atoms with Crippen LogP contribution in [-0.4, -0.2) is 36.1 Å². The molecule has 1 aliphatic rings. The van der Waals surface area contributed by atoms with E-state index >= 15 is 0 Å². The van der Waals surface area contributed by atoms with Gasteiger partial charge in [-0.05, 0) is 11.6 Å². The molecule has 1 fully saturated rings. The second-order valence-corrected chi connectivity index (χ2v) is 5.57. The highest BCUT2D eigenvalue weighted by Gasteiger charge is 2.20. The Morgan fingerprint density at radius 3 is 2.63 bits per heavy atom. The molecule has 0 saturated carbocycles. The van der Waals surface area contributed by atoms with Gasteiger partial charge in [-0.3, -0.25) is 4.98 Å². The van der Waals surface area contributed by atoms with Gasteiger partial charge in [-0.2, -0.15) is 0 Å². The molecule has 4 nitrogen and oxygen atoms in total. The van der Waals surface area contributed by atoms with Crippen molar-refractivity contribution in [3.8, 4) is 0 Å². The van der Waals surface area contributed by atoms with Gasteiger partial charge in [0.15, 0.2) is 5.13 Å². The Morgan fingerprint density at radius 2 is 1.95 bits per heavy atom. The second kappa shape index (κ2) is 5.75. The van der Waals surface area contributed by atoms with Crippen molar-refractivity contribution in [1.82, 2.24) is 9.97 Å². The van der Waals surface area contributed by atoms with Gasteiger partial charge in [-0.25, -0.2) is 4.98 Å². The molecule has 2 aromatic heterocycles. The van der Waals surface area contributed by atoms with Crippen molar-refractivity contribution in [3.63, 3.8) is 0 Å². The lowest BCUT2D eigenvalue weighted by Gasteiger charge is -2.36. The summed E-state index contributed by atoms with van der Waals surface area (Å²) in [6, 6.07) is 2.00. The van der Waals surface area contributed by atoms with E-state index in [2.05, 4.69) is 19.8 Å². The Balaban J connectivity index is 1.70. The summed E-state index contributed by atoms with van der Waals surface area (Å²) in [5, 5.41) is 3.14. The van der Waals surface area contributed by atoms with E-state index in [1.807, 2.05) is 23.8 Å². The van der Waals surface area contributed by atoms with E-state index in [4.69, 9.17) is 11.6 Å². The minimum Gasteiger partial charge on any atom is -0.366 e. The van der Waals surface area contributed by atoms with Crippen LogP contribution in [0.4, 0.5) is 10.8 Å². The van der Waals surface area contributed by atoms with Crippen molar-refractivity contribution in [2.45, 2.75) is 5.88 Å². The van der Waals surface area contributed by atoms with Crippen LogP contribution < -0.4 is 9.80 Å². The van der Waals surface area contributed by atoms with Crippen molar-refractivity contribution >= 4 is 33.8 Å². The van der Waals surface area contributed by atoms with Gasteiger partial charge in [0.05, 0.1) is 11.9 Å². The highest BCUT2D eigenvalue weighted by Crippen LogP contribution is 2.24. The van der Waals surface area contributed by atoms with Crippen LogP contribution >= 0.6 is 22.9 Å². The molecule has 0 spiro atoms. The van der Waals surface area contributed by atoms with Crippen LogP contribution in [0.15, 0.2) is 30.0 Å². The van der Waals surface area contributed by atoms with Crippen LogP contribution in [0.25, 0.3) is 0 Å². The average molecular weight is 295 g/mol. The minimum absolute atomic E-state index is 0.532. The fourth-order valence-corrected chi connectivity index (χ4v) is 3.25. The molecule has 1 aliphatic heterocycles. The molecular weight excluding hydrogens is 280 g/mol. The van der Waals surface area contributed by atoms with Crippen LogP contribution in [0.2, 0.25) is 0 Å². The van der Waals surface area contributed by atoms with Gasteiger partial charge in [0.25, 0.3) is 0 Å². The SMILES string of the molecule is ClCc1ccncc1N1CCN(c2nccs2)CC1. The topological polar surface area (TPSA) is 32.3 Å². The summed E-state index contributed by atoms with van der Waals surface area (Å²) in [6.07, 6.45) is 5.57. The number of halogens is 1. The standard InChI is InChI=1S/C13H15ClN4S/c14-9-11-1-2-15-10-12(11)17-4-6-18(7-5-17)13-16-3-8-19-13/h1-3,8,10H,4-7,9H2. The van der Waals surface area contributed by atoms with Crippen LogP contribution in [0.5, 0.6) is 0 Å². The monoisotopic (exact) mass is 294 g/mol. The smallest absolute Gasteiger partial charge is 0.185 e. The first-order valence-corrected chi connectivity index (χ1v) is 7.68. The van der Waals surface area contributed by atoms with Crippen molar-refractivity contribution in [2.75, 3.05) is 36.0 Å². The van der Waals surface area contributed by atoms with Gasteiger partial charge in [0.1, 0.15) is 0 Å². The number of hydrogen-bond donors (Lipinski definition) is 0. The Bertz CT molecular complexity index is 523. The van der Waals surface area contributed by atoms with Gasteiger partial charge in [0, 0.05) is 49.8 Å². The molecule has 0 radical (unpaired) electrons. The van der Waals surface area contributed by atoms with E-state index in [0.29, 0.717) is 5.88 Å². The molecule has 2 aromatic rings. The summed E-state index contributed by atoms with van der Waals surface area (Å²) < 4.78 is 0. The van der Waals surface area contributed by atoms with Crippen LogP contribution in [0, 0.1) is 0 Å². The predicted octanol–water partition coefficient (Wildman–Crippen LogP) is 2.60. The third-order valence-corrected chi connectivity index (χ3v) is 4.46. The minimum atomic E-state index is 0.532. The quantitative estimate of drug-likeness (QED) is 0.815. The maximum atomic E-state index is 5.99. The molecule has 0 N–H and O–H groups in total. The lowest BCUT2D eigenvalue weighted by Crippen LogP contribution is -2.46. The van der Waals surface area contributed by atoms with Crippen molar-refractivity contribution in [3.05, 3.63) is 35.6 Å².